The van der Waals surface area contributed by atoms with Crippen LogP contribution in [0.2, 0.25) is 0 Å². The molecule has 1 saturated heterocycles. The summed E-state index contributed by atoms with van der Waals surface area (Å²) in [6.07, 6.45) is 5.12. The summed E-state index contributed by atoms with van der Waals surface area (Å²) in [4.78, 5) is 19.4. The first-order valence-corrected chi connectivity index (χ1v) is 8.80. The Bertz CT molecular complexity index is 992. The molecular weight excluding hydrogens is 343 g/mol. The van der Waals surface area contributed by atoms with E-state index in [1.807, 2.05) is 18.2 Å². The second-order valence-electron chi connectivity index (χ2n) is 6.42. The SMILES string of the molecule is N#Cc1nccc(N2CCC(c3nccc(-c4cccc(F)c4)n3)CC2)n1. The van der Waals surface area contributed by atoms with Gasteiger partial charge in [-0.05, 0) is 37.1 Å². The molecule has 0 unspecified atom stereocenters. The largest absolute Gasteiger partial charge is 0.356 e. The summed E-state index contributed by atoms with van der Waals surface area (Å²) in [5.74, 6) is 1.71. The van der Waals surface area contributed by atoms with Gasteiger partial charge >= 0.3 is 0 Å². The highest BCUT2D eigenvalue weighted by atomic mass is 19.1. The summed E-state index contributed by atoms with van der Waals surface area (Å²) >= 11 is 0. The lowest BCUT2D eigenvalue weighted by atomic mass is 9.95. The highest BCUT2D eigenvalue weighted by molar-refractivity contribution is 5.58. The standard InChI is InChI=1S/C20H17FN6/c21-16-3-1-2-15(12-16)17-4-8-24-20(25-17)14-6-10-27(11-7-14)19-5-9-23-18(13-22)26-19/h1-5,8-9,12,14H,6-7,10-11H2. The van der Waals surface area contributed by atoms with E-state index in [1.54, 1.807) is 24.5 Å². The van der Waals surface area contributed by atoms with Gasteiger partial charge in [-0.15, -0.1) is 0 Å². The molecule has 0 radical (unpaired) electrons. The lowest BCUT2D eigenvalue weighted by Crippen LogP contribution is -2.34. The summed E-state index contributed by atoms with van der Waals surface area (Å²) in [6.45, 7) is 1.61. The number of anilines is 1. The second kappa shape index (κ2) is 7.46. The molecule has 1 aliphatic rings. The van der Waals surface area contributed by atoms with E-state index in [2.05, 4.69) is 24.8 Å². The topological polar surface area (TPSA) is 78.6 Å². The molecule has 2 aromatic heterocycles. The molecular formula is C20H17FN6. The van der Waals surface area contributed by atoms with E-state index in [0.717, 1.165) is 48.8 Å². The monoisotopic (exact) mass is 360 g/mol. The van der Waals surface area contributed by atoms with Gasteiger partial charge in [-0.25, -0.2) is 24.3 Å². The van der Waals surface area contributed by atoms with Gasteiger partial charge in [0.15, 0.2) is 0 Å². The molecule has 3 aromatic rings. The molecule has 0 bridgehead atoms. The second-order valence-corrected chi connectivity index (χ2v) is 6.42. The van der Waals surface area contributed by atoms with Crippen LogP contribution in [-0.4, -0.2) is 33.0 Å². The molecule has 0 atom stereocenters. The summed E-state index contributed by atoms with van der Waals surface area (Å²) in [5, 5.41) is 8.95. The van der Waals surface area contributed by atoms with Crippen LogP contribution in [0.15, 0.2) is 48.8 Å². The van der Waals surface area contributed by atoms with Crippen LogP contribution in [0.5, 0.6) is 0 Å². The van der Waals surface area contributed by atoms with Gasteiger partial charge in [0, 0.05) is 37.0 Å². The maximum atomic E-state index is 13.5. The van der Waals surface area contributed by atoms with Crippen LogP contribution >= 0.6 is 0 Å². The Morgan fingerprint density at radius 1 is 1.04 bits per heavy atom. The molecule has 4 rings (SSSR count). The fourth-order valence-electron chi connectivity index (χ4n) is 3.33. The van der Waals surface area contributed by atoms with E-state index in [1.165, 1.54) is 12.1 Å². The Morgan fingerprint density at radius 3 is 2.63 bits per heavy atom. The summed E-state index contributed by atoms with van der Waals surface area (Å²) < 4.78 is 13.5. The van der Waals surface area contributed by atoms with Crippen LogP contribution in [-0.2, 0) is 0 Å². The third-order valence-electron chi connectivity index (χ3n) is 4.72. The van der Waals surface area contributed by atoms with Crippen LogP contribution in [0, 0.1) is 17.1 Å². The number of nitriles is 1. The molecule has 1 fully saturated rings. The van der Waals surface area contributed by atoms with Gasteiger partial charge in [0.2, 0.25) is 5.82 Å². The van der Waals surface area contributed by atoms with Gasteiger partial charge < -0.3 is 4.90 Å². The number of piperidine rings is 1. The predicted octanol–water partition coefficient (Wildman–Crippen LogP) is 3.33. The molecule has 1 aliphatic heterocycles. The number of benzene rings is 1. The molecule has 27 heavy (non-hydrogen) atoms. The number of aromatic nitrogens is 4. The average Bonchev–Trinajstić information content (AvgIpc) is 2.74. The third kappa shape index (κ3) is 3.75. The summed E-state index contributed by atoms with van der Waals surface area (Å²) in [6, 6.07) is 12.0. The maximum Gasteiger partial charge on any atom is 0.234 e. The van der Waals surface area contributed by atoms with Gasteiger partial charge in [-0.3, -0.25) is 0 Å². The zero-order valence-corrected chi connectivity index (χ0v) is 14.6. The van der Waals surface area contributed by atoms with Crippen molar-refractivity contribution in [3.63, 3.8) is 0 Å². The average molecular weight is 360 g/mol. The molecule has 0 spiro atoms. The van der Waals surface area contributed by atoms with Crippen molar-refractivity contribution in [1.82, 2.24) is 19.9 Å². The number of hydrogen-bond acceptors (Lipinski definition) is 6. The van der Waals surface area contributed by atoms with E-state index in [4.69, 9.17) is 5.26 Å². The van der Waals surface area contributed by atoms with E-state index in [0.29, 0.717) is 0 Å². The zero-order chi connectivity index (χ0) is 18.6. The van der Waals surface area contributed by atoms with Crippen molar-refractivity contribution in [1.29, 1.82) is 5.26 Å². The van der Waals surface area contributed by atoms with Gasteiger partial charge in [-0.1, -0.05) is 12.1 Å². The van der Waals surface area contributed by atoms with Gasteiger partial charge in [-0.2, -0.15) is 5.26 Å². The van der Waals surface area contributed by atoms with E-state index in [-0.39, 0.29) is 17.6 Å². The number of nitrogens with zero attached hydrogens (tertiary/aromatic N) is 6. The predicted molar refractivity (Wildman–Crippen MR) is 98.4 cm³/mol. The molecule has 134 valence electrons. The highest BCUT2D eigenvalue weighted by Crippen LogP contribution is 2.29. The lowest BCUT2D eigenvalue weighted by Gasteiger charge is -2.32. The van der Waals surface area contributed by atoms with Crippen LogP contribution in [0.4, 0.5) is 10.2 Å². The molecule has 3 heterocycles. The Morgan fingerprint density at radius 2 is 1.85 bits per heavy atom. The minimum absolute atomic E-state index is 0.181. The zero-order valence-electron chi connectivity index (χ0n) is 14.6. The van der Waals surface area contributed by atoms with Crippen LogP contribution in [0.3, 0.4) is 0 Å². The first-order chi connectivity index (χ1) is 13.2. The van der Waals surface area contributed by atoms with Gasteiger partial charge in [0.05, 0.1) is 5.69 Å². The maximum absolute atomic E-state index is 13.5. The normalized spacial score (nSPS) is 14.7. The molecule has 1 aromatic carbocycles. The minimum atomic E-state index is -0.275. The number of halogens is 1. The van der Waals surface area contributed by atoms with E-state index < -0.39 is 0 Å². The molecule has 7 heteroatoms. The van der Waals surface area contributed by atoms with Crippen molar-refractivity contribution in [3.05, 3.63) is 66.3 Å². The van der Waals surface area contributed by atoms with Crippen molar-refractivity contribution < 1.29 is 4.39 Å². The molecule has 0 aliphatic carbocycles. The van der Waals surface area contributed by atoms with Crippen molar-refractivity contribution in [3.8, 4) is 17.3 Å². The van der Waals surface area contributed by atoms with Crippen LogP contribution in [0.25, 0.3) is 11.3 Å². The smallest absolute Gasteiger partial charge is 0.234 e. The Balaban J connectivity index is 1.48. The fourth-order valence-corrected chi connectivity index (χ4v) is 3.33. The molecule has 0 amide bonds. The Labute approximate surface area is 156 Å². The van der Waals surface area contributed by atoms with Crippen molar-refractivity contribution in [2.24, 2.45) is 0 Å². The molecule has 6 nitrogen and oxygen atoms in total. The van der Waals surface area contributed by atoms with Crippen LogP contribution in [0.1, 0.15) is 30.4 Å². The van der Waals surface area contributed by atoms with E-state index in [9.17, 15) is 4.39 Å². The van der Waals surface area contributed by atoms with Crippen LogP contribution < -0.4 is 4.90 Å². The minimum Gasteiger partial charge on any atom is -0.356 e. The van der Waals surface area contributed by atoms with E-state index >= 15 is 0 Å². The first kappa shape index (κ1) is 17.0. The van der Waals surface area contributed by atoms with Gasteiger partial charge in [0.25, 0.3) is 0 Å². The Hall–Kier alpha value is -3.40. The quantitative estimate of drug-likeness (QED) is 0.713. The van der Waals surface area contributed by atoms with Crippen molar-refractivity contribution in [2.45, 2.75) is 18.8 Å². The summed E-state index contributed by atoms with van der Waals surface area (Å²) in [5.41, 5.74) is 1.48. The third-order valence-corrected chi connectivity index (χ3v) is 4.72. The fraction of sp³-hybridized carbons (Fsp3) is 0.250. The summed E-state index contributed by atoms with van der Waals surface area (Å²) in [7, 11) is 0. The number of rotatable bonds is 3. The lowest BCUT2D eigenvalue weighted by molar-refractivity contribution is 0.483. The molecule has 0 N–H and O–H groups in total. The van der Waals surface area contributed by atoms with Crippen molar-refractivity contribution >= 4 is 5.82 Å². The van der Waals surface area contributed by atoms with Gasteiger partial charge in [0.1, 0.15) is 23.5 Å². The van der Waals surface area contributed by atoms with Crippen molar-refractivity contribution in [2.75, 3.05) is 18.0 Å². The Kier molecular flexibility index (Phi) is 4.71. The molecule has 0 saturated carbocycles. The first-order valence-electron chi connectivity index (χ1n) is 8.80. The highest BCUT2D eigenvalue weighted by Gasteiger charge is 2.24. The number of hydrogen-bond donors (Lipinski definition) is 0.